The van der Waals surface area contributed by atoms with Crippen molar-refractivity contribution in [2.24, 2.45) is 0 Å². The number of carbonyl (C=O) groups excluding carboxylic acids is 1. The molecule has 0 spiro atoms. The third-order valence-electron chi connectivity index (χ3n) is 4.70. The van der Waals surface area contributed by atoms with Gasteiger partial charge in [-0.2, -0.15) is 0 Å². The minimum absolute atomic E-state index is 0.120. The molecule has 0 aliphatic carbocycles. The number of rotatable bonds is 4. The van der Waals surface area contributed by atoms with E-state index in [-0.39, 0.29) is 17.8 Å². The number of hydrogen-bond acceptors (Lipinski definition) is 5. The van der Waals surface area contributed by atoms with Gasteiger partial charge in [0.2, 0.25) is 5.89 Å². The summed E-state index contributed by atoms with van der Waals surface area (Å²) in [5, 5.41) is 0. The highest BCUT2D eigenvalue weighted by Crippen LogP contribution is 2.32. The molecule has 2 aromatic heterocycles. The van der Waals surface area contributed by atoms with Crippen LogP contribution in [-0.2, 0) is 6.42 Å². The molecule has 0 unspecified atom stereocenters. The largest absolute Gasteiger partial charge is 0.443 e. The van der Waals surface area contributed by atoms with Crippen molar-refractivity contribution >= 4 is 5.91 Å². The zero-order valence-electron chi connectivity index (χ0n) is 14.7. The molecule has 138 valence electrons. The third-order valence-corrected chi connectivity index (χ3v) is 4.70. The van der Waals surface area contributed by atoms with Crippen LogP contribution in [0.4, 0.5) is 4.39 Å². The first-order valence-electron chi connectivity index (χ1n) is 8.96. The Morgan fingerprint density at radius 2 is 2.07 bits per heavy atom. The molecule has 0 N–H and O–H groups in total. The molecule has 0 bridgehead atoms. The number of nitrogens with zero attached hydrogens (tertiary/aromatic N) is 4. The van der Waals surface area contributed by atoms with Crippen LogP contribution in [-0.4, -0.2) is 32.3 Å². The van der Waals surface area contributed by atoms with Crippen LogP contribution in [0, 0.1) is 5.82 Å². The van der Waals surface area contributed by atoms with Crippen LogP contribution in [0.1, 0.15) is 52.9 Å². The summed E-state index contributed by atoms with van der Waals surface area (Å²) >= 11 is 0. The van der Waals surface area contributed by atoms with E-state index in [1.54, 1.807) is 17.2 Å². The first-order chi connectivity index (χ1) is 13.2. The summed E-state index contributed by atoms with van der Waals surface area (Å²) in [6.07, 6.45) is 9.28. The fraction of sp³-hybridized carbons (Fsp3) is 0.300. The maximum absolute atomic E-state index is 13.4. The van der Waals surface area contributed by atoms with Crippen LogP contribution in [0.2, 0.25) is 0 Å². The quantitative estimate of drug-likeness (QED) is 0.706. The van der Waals surface area contributed by atoms with E-state index in [2.05, 4.69) is 15.0 Å². The number of likely N-dealkylation sites (tertiary alicyclic amines) is 1. The van der Waals surface area contributed by atoms with Crippen LogP contribution in [0.25, 0.3) is 0 Å². The Morgan fingerprint density at radius 3 is 2.89 bits per heavy atom. The molecular weight excluding hydrogens is 347 g/mol. The van der Waals surface area contributed by atoms with Crippen molar-refractivity contribution in [1.29, 1.82) is 0 Å². The Morgan fingerprint density at radius 1 is 1.22 bits per heavy atom. The zero-order valence-corrected chi connectivity index (χ0v) is 14.7. The number of amides is 1. The molecule has 7 heteroatoms. The van der Waals surface area contributed by atoms with E-state index in [4.69, 9.17) is 4.42 Å². The van der Waals surface area contributed by atoms with E-state index in [1.807, 2.05) is 6.07 Å². The van der Waals surface area contributed by atoms with Crippen molar-refractivity contribution < 1.29 is 13.6 Å². The number of oxazole rings is 1. The lowest BCUT2D eigenvalue weighted by Crippen LogP contribution is -2.38. The molecule has 4 rings (SSSR count). The van der Waals surface area contributed by atoms with Gasteiger partial charge in [0.25, 0.3) is 5.91 Å². The highest BCUT2D eigenvalue weighted by atomic mass is 19.1. The van der Waals surface area contributed by atoms with Crippen molar-refractivity contribution in [2.75, 3.05) is 6.54 Å². The van der Waals surface area contributed by atoms with Crippen molar-refractivity contribution in [1.82, 2.24) is 19.9 Å². The standard InChI is InChI=1S/C20H19FN4O2/c21-16-5-3-4-14(8-16)9-17-12-24-19(27-17)18-6-1-2-7-25(18)20(26)15-10-22-13-23-11-15/h3-5,8,10-13,18H,1-2,6-7,9H2/t18-/m0/s1. The molecule has 0 radical (unpaired) electrons. The molecule has 1 fully saturated rings. The van der Waals surface area contributed by atoms with Gasteiger partial charge < -0.3 is 9.32 Å². The number of piperidine rings is 1. The average Bonchev–Trinajstić information content (AvgIpc) is 3.16. The van der Waals surface area contributed by atoms with Gasteiger partial charge in [-0.15, -0.1) is 0 Å². The monoisotopic (exact) mass is 366 g/mol. The average molecular weight is 366 g/mol. The van der Waals surface area contributed by atoms with Gasteiger partial charge in [-0.05, 0) is 37.0 Å². The fourth-order valence-electron chi connectivity index (χ4n) is 3.41. The topological polar surface area (TPSA) is 72.1 Å². The Bertz CT molecular complexity index is 928. The number of halogens is 1. The van der Waals surface area contributed by atoms with Gasteiger partial charge in [0.05, 0.1) is 11.8 Å². The van der Waals surface area contributed by atoms with E-state index in [0.29, 0.717) is 30.2 Å². The second-order valence-electron chi connectivity index (χ2n) is 6.61. The second kappa shape index (κ2) is 7.65. The lowest BCUT2D eigenvalue weighted by molar-refractivity contribution is 0.0569. The third kappa shape index (κ3) is 3.86. The molecule has 27 heavy (non-hydrogen) atoms. The molecule has 3 heterocycles. The van der Waals surface area contributed by atoms with Gasteiger partial charge in [0.1, 0.15) is 23.9 Å². The Balaban J connectivity index is 1.54. The Kier molecular flexibility index (Phi) is 4.91. The predicted molar refractivity (Wildman–Crippen MR) is 95.4 cm³/mol. The summed E-state index contributed by atoms with van der Waals surface area (Å²) in [5.74, 6) is 0.773. The van der Waals surface area contributed by atoms with Gasteiger partial charge in [-0.3, -0.25) is 4.79 Å². The zero-order chi connectivity index (χ0) is 18.6. The minimum atomic E-state index is -0.277. The summed E-state index contributed by atoms with van der Waals surface area (Å²) in [5.41, 5.74) is 1.27. The second-order valence-corrected chi connectivity index (χ2v) is 6.61. The number of benzene rings is 1. The SMILES string of the molecule is O=C(c1cncnc1)N1CCCC[C@H]1c1ncc(Cc2cccc(F)c2)o1. The van der Waals surface area contributed by atoms with Crippen LogP contribution in [0.3, 0.4) is 0 Å². The number of carbonyl (C=O) groups is 1. The molecule has 0 saturated carbocycles. The highest BCUT2D eigenvalue weighted by Gasteiger charge is 2.32. The van der Waals surface area contributed by atoms with Gasteiger partial charge in [-0.25, -0.2) is 19.3 Å². The van der Waals surface area contributed by atoms with E-state index in [0.717, 1.165) is 24.8 Å². The molecule has 3 aromatic rings. The Labute approximate surface area is 156 Å². The molecular formula is C20H19FN4O2. The van der Waals surface area contributed by atoms with Crippen molar-refractivity contribution in [2.45, 2.75) is 31.7 Å². The predicted octanol–water partition coefficient (Wildman–Crippen LogP) is 3.56. The lowest BCUT2D eigenvalue weighted by atomic mass is 10.0. The maximum atomic E-state index is 13.4. The first-order valence-corrected chi connectivity index (χ1v) is 8.96. The smallest absolute Gasteiger partial charge is 0.257 e. The molecule has 1 amide bonds. The maximum Gasteiger partial charge on any atom is 0.257 e. The van der Waals surface area contributed by atoms with Crippen LogP contribution >= 0.6 is 0 Å². The molecule has 6 nitrogen and oxygen atoms in total. The van der Waals surface area contributed by atoms with Crippen molar-refractivity contribution in [3.05, 3.63) is 77.8 Å². The summed E-state index contributed by atoms with van der Waals surface area (Å²) in [6.45, 7) is 0.639. The van der Waals surface area contributed by atoms with E-state index in [9.17, 15) is 9.18 Å². The van der Waals surface area contributed by atoms with E-state index >= 15 is 0 Å². The summed E-state index contributed by atoms with van der Waals surface area (Å²) in [6, 6.07) is 6.19. The van der Waals surface area contributed by atoms with Crippen LogP contribution in [0.5, 0.6) is 0 Å². The van der Waals surface area contributed by atoms with E-state index < -0.39 is 0 Å². The minimum Gasteiger partial charge on any atom is -0.443 e. The number of hydrogen-bond donors (Lipinski definition) is 0. The molecule has 1 aliphatic heterocycles. The molecule has 1 saturated heterocycles. The van der Waals surface area contributed by atoms with Crippen molar-refractivity contribution in [3.8, 4) is 0 Å². The lowest BCUT2D eigenvalue weighted by Gasteiger charge is -2.33. The normalized spacial score (nSPS) is 17.1. The van der Waals surface area contributed by atoms with Gasteiger partial charge in [0, 0.05) is 25.4 Å². The summed E-state index contributed by atoms with van der Waals surface area (Å²) in [7, 11) is 0. The molecule has 1 aromatic carbocycles. The molecule has 1 atom stereocenters. The van der Waals surface area contributed by atoms with E-state index in [1.165, 1.54) is 30.9 Å². The Hall–Kier alpha value is -3.09. The van der Waals surface area contributed by atoms with Gasteiger partial charge >= 0.3 is 0 Å². The highest BCUT2D eigenvalue weighted by molar-refractivity contribution is 5.93. The van der Waals surface area contributed by atoms with Crippen LogP contribution in [0.15, 0.2) is 53.6 Å². The van der Waals surface area contributed by atoms with Gasteiger partial charge in [0.15, 0.2) is 0 Å². The van der Waals surface area contributed by atoms with Gasteiger partial charge in [-0.1, -0.05) is 12.1 Å². The number of aromatic nitrogens is 3. The van der Waals surface area contributed by atoms with Crippen molar-refractivity contribution in [3.63, 3.8) is 0 Å². The molecule has 1 aliphatic rings. The van der Waals surface area contributed by atoms with Crippen LogP contribution < -0.4 is 0 Å². The first kappa shape index (κ1) is 17.3. The fourth-order valence-corrected chi connectivity index (χ4v) is 3.41. The summed E-state index contributed by atoms with van der Waals surface area (Å²) in [4.78, 5) is 26.9. The summed E-state index contributed by atoms with van der Waals surface area (Å²) < 4.78 is 19.3.